The van der Waals surface area contributed by atoms with Crippen molar-refractivity contribution in [3.8, 4) is 0 Å². The lowest BCUT2D eigenvalue weighted by atomic mass is 9.87. The zero-order valence-electron chi connectivity index (χ0n) is 14.0. The van der Waals surface area contributed by atoms with Gasteiger partial charge in [0.2, 0.25) is 0 Å². The number of methoxy groups -OCH3 is 1. The molecule has 0 radical (unpaired) electrons. The van der Waals surface area contributed by atoms with Crippen LogP contribution in [-0.2, 0) is 4.74 Å². The molecule has 1 rings (SSSR count). The van der Waals surface area contributed by atoms with Crippen LogP contribution in [0.25, 0.3) is 0 Å². The molecule has 1 unspecified atom stereocenters. The van der Waals surface area contributed by atoms with Gasteiger partial charge in [-0.05, 0) is 59.2 Å². The molecule has 1 saturated heterocycles. The Bertz CT molecular complexity index is 260. The summed E-state index contributed by atoms with van der Waals surface area (Å²) in [7, 11) is 1.78. The number of nitrogens with two attached hydrogens (primary N) is 1. The van der Waals surface area contributed by atoms with Crippen LogP contribution in [0, 0.1) is 0 Å². The normalized spacial score (nSPS) is 25.4. The van der Waals surface area contributed by atoms with E-state index in [4.69, 9.17) is 10.5 Å². The van der Waals surface area contributed by atoms with Crippen LogP contribution in [-0.4, -0.2) is 67.8 Å². The molecule has 4 nitrogen and oxygen atoms in total. The van der Waals surface area contributed by atoms with Crippen molar-refractivity contribution in [1.82, 2.24) is 9.80 Å². The van der Waals surface area contributed by atoms with Crippen molar-refractivity contribution in [3.63, 3.8) is 0 Å². The fourth-order valence-corrected chi connectivity index (χ4v) is 3.62. The summed E-state index contributed by atoms with van der Waals surface area (Å²) >= 11 is 0. The highest BCUT2D eigenvalue weighted by atomic mass is 16.5. The van der Waals surface area contributed by atoms with Crippen LogP contribution in [0.1, 0.15) is 46.5 Å². The smallest absolute Gasteiger partial charge is 0.0590 e. The summed E-state index contributed by atoms with van der Waals surface area (Å²) in [6.45, 7) is 13.0. The van der Waals surface area contributed by atoms with Crippen molar-refractivity contribution in [2.24, 2.45) is 5.73 Å². The average Bonchev–Trinajstić information content (AvgIpc) is 2.63. The molecule has 120 valence electrons. The van der Waals surface area contributed by atoms with Gasteiger partial charge in [-0.25, -0.2) is 0 Å². The average molecular weight is 285 g/mol. The summed E-state index contributed by atoms with van der Waals surface area (Å²) in [6, 6.07) is 0.520. The zero-order chi connectivity index (χ0) is 15.0. The molecule has 0 aromatic heterocycles. The first-order valence-electron chi connectivity index (χ1n) is 8.27. The van der Waals surface area contributed by atoms with Crippen molar-refractivity contribution in [3.05, 3.63) is 0 Å². The molecular formula is C16H35N3O. The molecule has 0 aliphatic carbocycles. The fraction of sp³-hybridized carbons (Fsp3) is 1.00. The van der Waals surface area contributed by atoms with Crippen LogP contribution in [0.2, 0.25) is 0 Å². The second kappa shape index (κ2) is 8.98. The van der Waals surface area contributed by atoms with E-state index in [9.17, 15) is 0 Å². The molecule has 1 fully saturated rings. The Labute approximate surface area is 125 Å². The maximum Gasteiger partial charge on any atom is 0.0590 e. The van der Waals surface area contributed by atoms with Gasteiger partial charge >= 0.3 is 0 Å². The number of ether oxygens (including phenoxy) is 1. The Morgan fingerprint density at radius 1 is 1.30 bits per heavy atom. The molecule has 0 aromatic carbocycles. The third kappa shape index (κ3) is 4.69. The van der Waals surface area contributed by atoms with E-state index in [0.717, 1.165) is 19.7 Å². The van der Waals surface area contributed by atoms with Gasteiger partial charge in [0.1, 0.15) is 0 Å². The highest BCUT2D eigenvalue weighted by molar-refractivity contribution is 4.96. The SMILES string of the molecule is CCCN1CCCC(CN)(N(CCOC)C(C)C)CC1. The van der Waals surface area contributed by atoms with Gasteiger partial charge in [0, 0.05) is 31.8 Å². The topological polar surface area (TPSA) is 41.7 Å². The minimum absolute atomic E-state index is 0.162. The monoisotopic (exact) mass is 285 g/mol. The molecule has 4 heteroatoms. The Balaban J connectivity index is 2.77. The molecule has 0 amide bonds. The van der Waals surface area contributed by atoms with Crippen LogP contribution in [0.15, 0.2) is 0 Å². The molecule has 0 saturated carbocycles. The third-order valence-corrected chi connectivity index (χ3v) is 4.70. The Morgan fingerprint density at radius 2 is 2.05 bits per heavy atom. The maximum absolute atomic E-state index is 6.24. The number of rotatable bonds is 8. The van der Waals surface area contributed by atoms with E-state index in [2.05, 4.69) is 30.6 Å². The van der Waals surface area contributed by atoms with Gasteiger partial charge in [0.05, 0.1) is 6.61 Å². The zero-order valence-corrected chi connectivity index (χ0v) is 14.0. The molecule has 20 heavy (non-hydrogen) atoms. The summed E-state index contributed by atoms with van der Waals surface area (Å²) in [6.07, 6.45) is 4.90. The maximum atomic E-state index is 6.24. The Hall–Kier alpha value is -0.160. The highest BCUT2D eigenvalue weighted by Crippen LogP contribution is 2.30. The first kappa shape index (κ1) is 17.9. The second-order valence-corrected chi connectivity index (χ2v) is 6.40. The number of likely N-dealkylation sites (tertiary alicyclic amines) is 1. The predicted molar refractivity (Wildman–Crippen MR) is 86.1 cm³/mol. The molecule has 0 aromatic rings. The van der Waals surface area contributed by atoms with E-state index in [1.165, 1.54) is 45.3 Å². The third-order valence-electron chi connectivity index (χ3n) is 4.70. The van der Waals surface area contributed by atoms with Crippen LogP contribution in [0.5, 0.6) is 0 Å². The first-order chi connectivity index (χ1) is 9.59. The minimum atomic E-state index is 0.162. The summed E-state index contributed by atoms with van der Waals surface area (Å²) in [5, 5.41) is 0. The predicted octanol–water partition coefficient (Wildman–Crippen LogP) is 1.94. The standard InChI is InChI=1S/C16H35N3O/c1-5-9-18-10-6-7-16(14-17,8-11-18)19(15(2)3)12-13-20-4/h15H,5-14,17H2,1-4H3. The van der Waals surface area contributed by atoms with Crippen LogP contribution < -0.4 is 5.73 Å². The van der Waals surface area contributed by atoms with Crippen molar-refractivity contribution in [2.75, 3.05) is 46.4 Å². The number of nitrogens with zero attached hydrogens (tertiary/aromatic N) is 2. The van der Waals surface area contributed by atoms with Gasteiger partial charge in [0.25, 0.3) is 0 Å². The van der Waals surface area contributed by atoms with Gasteiger partial charge in [-0.2, -0.15) is 0 Å². The van der Waals surface area contributed by atoms with Crippen molar-refractivity contribution >= 4 is 0 Å². The molecule has 1 aliphatic rings. The van der Waals surface area contributed by atoms with E-state index < -0.39 is 0 Å². The van der Waals surface area contributed by atoms with Gasteiger partial charge in [0.15, 0.2) is 0 Å². The van der Waals surface area contributed by atoms with Crippen LogP contribution in [0.4, 0.5) is 0 Å². The molecule has 1 atom stereocenters. The van der Waals surface area contributed by atoms with Gasteiger partial charge < -0.3 is 15.4 Å². The summed E-state index contributed by atoms with van der Waals surface area (Å²) in [4.78, 5) is 5.19. The van der Waals surface area contributed by atoms with Crippen molar-refractivity contribution in [1.29, 1.82) is 0 Å². The van der Waals surface area contributed by atoms with E-state index in [0.29, 0.717) is 6.04 Å². The molecule has 1 aliphatic heterocycles. The number of hydrogen-bond acceptors (Lipinski definition) is 4. The van der Waals surface area contributed by atoms with E-state index in [1.54, 1.807) is 7.11 Å². The summed E-state index contributed by atoms with van der Waals surface area (Å²) in [5.74, 6) is 0. The van der Waals surface area contributed by atoms with Gasteiger partial charge in [-0.1, -0.05) is 6.92 Å². The van der Waals surface area contributed by atoms with E-state index in [-0.39, 0.29) is 5.54 Å². The summed E-state index contributed by atoms with van der Waals surface area (Å²) < 4.78 is 5.30. The quantitative estimate of drug-likeness (QED) is 0.740. The lowest BCUT2D eigenvalue weighted by molar-refractivity contribution is 0.0242. The second-order valence-electron chi connectivity index (χ2n) is 6.40. The largest absolute Gasteiger partial charge is 0.383 e. The van der Waals surface area contributed by atoms with E-state index in [1.807, 2.05) is 0 Å². The fourth-order valence-electron chi connectivity index (χ4n) is 3.62. The Kier molecular flexibility index (Phi) is 8.03. The van der Waals surface area contributed by atoms with Gasteiger partial charge in [-0.3, -0.25) is 4.90 Å². The molecule has 1 heterocycles. The summed E-state index contributed by atoms with van der Waals surface area (Å²) in [5.41, 5.74) is 6.40. The number of hydrogen-bond donors (Lipinski definition) is 1. The minimum Gasteiger partial charge on any atom is -0.383 e. The molecule has 0 bridgehead atoms. The molecule has 0 spiro atoms. The van der Waals surface area contributed by atoms with Gasteiger partial charge in [-0.15, -0.1) is 0 Å². The van der Waals surface area contributed by atoms with E-state index >= 15 is 0 Å². The van der Waals surface area contributed by atoms with Crippen molar-refractivity contribution < 1.29 is 4.74 Å². The molecule has 2 N–H and O–H groups in total. The lowest BCUT2D eigenvalue weighted by Gasteiger charge is -2.45. The molecular weight excluding hydrogens is 250 g/mol. The highest BCUT2D eigenvalue weighted by Gasteiger charge is 2.38. The van der Waals surface area contributed by atoms with Crippen LogP contribution >= 0.6 is 0 Å². The van der Waals surface area contributed by atoms with Crippen LogP contribution in [0.3, 0.4) is 0 Å². The Morgan fingerprint density at radius 3 is 2.60 bits per heavy atom. The first-order valence-corrected chi connectivity index (χ1v) is 8.27. The van der Waals surface area contributed by atoms with Crippen molar-refractivity contribution in [2.45, 2.75) is 58.0 Å². The lowest BCUT2D eigenvalue weighted by Crippen LogP contribution is -2.57.